The summed E-state index contributed by atoms with van der Waals surface area (Å²) in [6, 6.07) is 10.1. The number of nitrogens with zero attached hydrogens (tertiary/aromatic N) is 2. The Bertz CT molecular complexity index is 586. The van der Waals surface area contributed by atoms with Crippen LogP contribution >= 0.6 is 0 Å². The van der Waals surface area contributed by atoms with Crippen molar-refractivity contribution in [1.82, 2.24) is 9.97 Å². The van der Waals surface area contributed by atoms with Crippen molar-refractivity contribution >= 4 is 17.5 Å². The zero-order valence-electron chi connectivity index (χ0n) is 12.8. The van der Waals surface area contributed by atoms with Crippen LogP contribution in [0.2, 0.25) is 0 Å². The first kappa shape index (κ1) is 15.3. The van der Waals surface area contributed by atoms with Crippen molar-refractivity contribution in [2.24, 2.45) is 0 Å². The maximum Gasteiger partial charge on any atom is 0.229 e. The summed E-state index contributed by atoms with van der Waals surface area (Å²) in [6.07, 6.45) is 0.945. The van der Waals surface area contributed by atoms with Crippen molar-refractivity contribution in [2.45, 2.75) is 20.3 Å². The number of rotatable bonds is 7. The topological polar surface area (TPSA) is 59.1 Å². The first-order chi connectivity index (χ1) is 10.2. The van der Waals surface area contributed by atoms with Crippen molar-refractivity contribution in [3.63, 3.8) is 0 Å². The maximum absolute atomic E-state index is 5.03. The molecule has 0 atom stereocenters. The fourth-order valence-electron chi connectivity index (χ4n) is 2.00. The fourth-order valence-corrected chi connectivity index (χ4v) is 2.00. The molecule has 0 saturated heterocycles. The highest BCUT2D eigenvalue weighted by Crippen LogP contribution is 2.16. The zero-order chi connectivity index (χ0) is 15.1. The van der Waals surface area contributed by atoms with Crippen LogP contribution in [0.4, 0.5) is 17.5 Å². The van der Waals surface area contributed by atoms with E-state index in [2.05, 4.69) is 39.7 Å². The highest BCUT2D eigenvalue weighted by Gasteiger charge is 2.03. The number of nitrogens with one attached hydrogen (secondary N) is 2. The highest BCUT2D eigenvalue weighted by atomic mass is 16.5. The largest absolute Gasteiger partial charge is 0.385 e. The molecule has 0 radical (unpaired) electrons. The average molecular weight is 286 g/mol. The van der Waals surface area contributed by atoms with E-state index in [0.717, 1.165) is 36.8 Å². The first-order valence-electron chi connectivity index (χ1n) is 7.09. The van der Waals surface area contributed by atoms with Gasteiger partial charge in [0.15, 0.2) is 0 Å². The first-order valence-corrected chi connectivity index (χ1v) is 7.09. The molecule has 0 amide bonds. The van der Waals surface area contributed by atoms with Crippen LogP contribution in [0.15, 0.2) is 30.3 Å². The molecule has 0 fully saturated rings. The van der Waals surface area contributed by atoms with Gasteiger partial charge in [-0.05, 0) is 38.0 Å². The van der Waals surface area contributed by atoms with Crippen molar-refractivity contribution in [1.29, 1.82) is 0 Å². The lowest BCUT2D eigenvalue weighted by molar-refractivity contribution is 0.198. The summed E-state index contributed by atoms with van der Waals surface area (Å²) in [5.74, 6) is 1.43. The predicted octanol–water partition coefficient (Wildman–Crippen LogP) is 3.29. The second-order valence-electron chi connectivity index (χ2n) is 4.99. The Balaban J connectivity index is 2.04. The second-order valence-corrected chi connectivity index (χ2v) is 4.99. The van der Waals surface area contributed by atoms with Crippen LogP contribution in [0.5, 0.6) is 0 Å². The summed E-state index contributed by atoms with van der Waals surface area (Å²) in [6.45, 7) is 5.59. The van der Waals surface area contributed by atoms with Gasteiger partial charge in [-0.25, -0.2) is 4.98 Å². The van der Waals surface area contributed by atoms with Crippen LogP contribution < -0.4 is 10.6 Å². The highest BCUT2D eigenvalue weighted by molar-refractivity contribution is 5.56. The number of ether oxygens (including phenoxy) is 1. The van der Waals surface area contributed by atoms with Crippen LogP contribution in [-0.2, 0) is 4.74 Å². The summed E-state index contributed by atoms with van der Waals surface area (Å²) >= 11 is 0. The number of anilines is 3. The molecule has 1 aromatic heterocycles. The summed E-state index contributed by atoms with van der Waals surface area (Å²) in [4.78, 5) is 8.90. The minimum atomic E-state index is 0.606. The van der Waals surface area contributed by atoms with Gasteiger partial charge >= 0.3 is 0 Å². The van der Waals surface area contributed by atoms with Gasteiger partial charge in [0.2, 0.25) is 5.95 Å². The normalized spacial score (nSPS) is 10.4. The van der Waals surface area contributed by atoms with Gasteiger partial charge in [0, 0.05) is 37.7 Å². The molecule has 0 saturated carbocycles. The Labute approximate surface area is 125 Å². The molecular weight excluding hydrogens is 264 g/mol. The Morgan fingerprint density at radius 3 is 2.76 bits per heavy atom. The third kappa shape index (κ3) is 5.04. The van der Waals surface area contributed by atoms with Gasteiger partial charge in [-0.15, -0.1) is 0 Å². The SMILES string of the molecule is COCCCNc1cc(C)nc(Nc2cccc(C)c2)n1. The van der Waals surface area contributed by atoms with E-state index in [1.165, 1.54) is 5.56 Å². The molecule has 2 N–H and O–H groups in total. The average Bonchev–Trinajstić information content (AvgIpc) is 2.43. The molecule has 0 unspecified atom stereocenters. The van der Waals surface area contributed by atoms with E-state index in [4.69, 9.17) is 4.74 Å². The van der Waals surface area contributed by atoms with Crippen LogP contribution in [0, 0.1) is 13.8 Å². The van der Waals surface area contributed by atoms with Crippen molar-refractivity contribution in [3.05, 3.63) is 41.6 Å². The van der Waals surface area contributed by atoms with E-state index in [1.807, 2.05) is 25.1 Å². The minimum Gasteiger partial charge on any atom is -0.385 e. The molecule has 0 spiro atoms. The summed E-state index contributed by atoms with van der Waals surface area (Å²) in [5.41, 5.74) is 3.12. The Hall–Kier alpha value is -2.14. The quantitative estimate of drug-likeness (QED) is 0.765. The van der Waals surface area contributed by atoms with E-state index < -0.39 is 0 Å². The number of aromatic nitrogens is 2. The number of benzene rings is 1. The fraction of sp³-hybridized carbons (Fsp3) is 0.375. The molecule has 112 valence electrons. The molecule has 5 heteroatoms. The maximum atomic E-state index is 5.03. The summed E-state index contributed by atoms with van der Waals surface area (Å²) in [5, 5.41) is 6.53. The third-order valence-corrected chi connectivity index (χ3v) is 2.96. The number of hydrogen-bond donors (Lipinski definition) is 2. The van der Waals surface area contributed by atoms with Crippen LogP contribution in [0.3, 0.4) is 0 Å². The Morgan fingerprint density at radius 2 is 2.00 bits per heavy atom. The van der Waals surface area contributed by atoms with Gasteiger partial charge in [-0.1, -0.05) is 12.1 Å². The number of aryl methyl sites for hydroxylation is 2. The molecule has 1 aromatic carbocycles. The zero-order valence-corrected chi connectivity index (χ0v) is 12.8. The van der Waals surface area contributed by atoms with E-state index in [9.17, 15) is 0 Å². The van der Waals surface area contributed by atoms with E-state index in [0.29, 0.717) is 5.95 Å². The monoisotopic (exact) mass is 286 g/mol. The molecule has 2 aromatic rings. The Morgan fingerprint density at radius 1 is 1.14 bits per heavy atom. The van der Waals surface area contributed by atoms with Crippen LogP contribution in [0.25, 0.3) is 0 Å². The lowest BCUT2D eigenvalue weighted by Crippen LogP contribution is -2.08. The molecule has 0 aliphatic rings. The van der Waals surface area contributed by atoms with Crippen LogP contribution in [-0.4, -0.2) is 30.2 Å². The molecule has 0 aliphatic heterocycles. The lowest BCUT2D eigenvalue weighted by atomic mass is 10.2. The molecular formula is C16H22N4O. The van der Waals surface area contributed by atoms with Crippen molar-refractivity contribution in [3.8, 4) is 0 Å². The molecule has 0 bridgehead atoms. The predicted molar refractivity (Wildman–Crippen MR) is 86.2 cm³/mol. The number of hydrogen-bond acceptors (Lipinski definition) is 5. The standard InChI is InChI=1S/C16H22N4O/c1-12-6-4-7-14(10-12)19-16-18-13(2)11-15(20-16)17-8-5-9-21-3/h4,6-7,10-11H,5,8-9H2,1-3H3,(H2,17,18,19,20). The molecule has 1 heterocycles. The Kier molecular flexibility index (Phi) is 5.51. The van der Waals surface area contributed by atoms with Crippen LogP contribution in [0.1, 0.15) is 17.7 Å². The smallest absolute Gasteiger partial charge is 0.229 e. The lowest BCUT2D eigenvalue weighted by Gasteiger charge is -2.10. The van der Waals surface area contributed by atoms with Gasteiger partial charge in [0.1, 0.15) is 5.82 Å². The van der Waals surface area contributed by atoms with E-state index in [1.54, 1.807) is 7.11 Å². The molecule has 5 nitrogen and oxygen atoms in total. The minimum absolute atomic E-state index is 0.606. The van der Waals surface area contributed by atoms with Gasteiger partial charge in [0.05, 0.1) is 0 Å². The van der Waals surface area contributed by atoms with Gasteiger partial charge in [-0.3, -0.25) is 0 Å². The van der Waals surface area contributed by atoms with Gasteiger partial charge in [-0.2, -0.15) is 4.98 Å². The summed E-state index contributed by atoms with van der Waals surface area (Å²) < 4.78 is 5.03. The second kappa shape index (κ2) is 7.59. The van der Waals surface area contributed by atoms with E-state index in [-0.39, 0.29) is 0 Å². The van der Waals surface area contributed by atoms with Gasteiger partial charge < -0.3 is 15.4 Å². The number of methoxy groups -OCH3 is 1. The van der Waals surface area contributed by atoms with Gasteiger partial charge in [0.25, 0.3) is 0 Å². The third-order valence-electron chi connectivity index (χ3n) is 2.96. The van der Waals surface area contributed by atoms with Crippen molar-refractivity contribution in [2.75, 3.05) is 30.9 Å². The van der Waals surface area contributed by atoms with Crippen molar-refractivity contribution < 1.29 is 4.74 Å². The molecule has 2 rings (SSSR count). The summed E-state index contributed by atoms with van der Waals surface area (Å²) in [7, 11) is 1.71. The molecule has 0 aliphatic carbocycles. The van der Waals surface area contributed by atoms with E-state index >= 15 is 0 Å². The molecule has 21 heavy (non-hydrogen) atoms.